The van der Waals surface area contributed by atoms with Crippen LogP contribution >= 0.6 is 0 Å². The Labute approximate surface area is 223 Å². The zero-order chi connectivity index (χ0) is 28.2. The van der Waals surface area contributed by atoms with Crippen LogP contribution in [0.3, 0.4) is 0 Å². The van der Waals surface area contributed by atoms with Crippen molar-refractivity contribution in [1.82, 2.24) is 20.1 Å². The fourth-order valence-corrected chi connectivity index (χ4v) is 4.49. The van der Waals surface area contributed by atoms with E-state index in [-0.39, 0.29) is 41.4 Å². The van der Waals surface area contributed by atoms with Gasteiger partial charge in [0.2, 0.25) is 0 Å². The van der Waals surface area contributed by atoms with Gasteiger partial charge < -0.3 is 20.1 Å². The lowest BCUT2D eigenvalue weighted by molar-refractivity contribution is -0.153. The van der Waals surface area contributed by atoms with Crippen LogP contribution in [0.4, 0.5) is 23.4 Å². The van der Waals surface area contributed by atoms with Gasteiger partial charge in [-0.05, 0) is 24.3 Å². The maximum absolute atomic E-state index is 13.5. The predicted molar refractivity (Wildman–Crippen MR) is 136 cm³/mol. The Hall–Kier alpha value is -3.94. The molecule has 0 aliphatic carbocycles. The molecule has 0 spiro atoms. The third-order valence-corrected chi connectivity index (χ3v) is 6.26. The first-order chi connectivity index (χ1) is 18.5. The summed E-state index contributed by atoms with van der Waals surface area (Å²) in [6.45, 7) is 2.62. The molecule has 0 fully saturated rings. The molecule has 1 amide bonds. The summed E-state index contributed by atoms with van der Waals surface area (Å²) in [4.78, 5) is 17.2. The molecule has 3 aromatic rings. The lowest BCUT2D eigenvalue weighted by atomic mass is 9.99. The molecule has 2 atom stereocenters. The van der Waals surface area contributed by atoms with Gasteiger partial charge >= 0.3 is 6.18 Å². The third-order valence-electron chi connectivity index (χ3n) is 5.50. The Kier molecular flexibility index (Phi) is 8.53. The lowest BCUT2D eigenvalue weighted by Gasteiger charge is -2.23. The molecule has 1 aliphatic rings. The number of nitrogens with zero attached hydrogens (tertiary/aromatic N) is 3. The Morgan fingerprint density at radius 1 is 1.26 bits per heavy atom. The topological polar surface area (TPSA) is 107 Å². The molecular weight excluding hydrogens is 542 g/mol. The molecule has 3 heterocycles. The summed E-state index contributed by atoms with van der Waals surface area (Å²) >= 11 is 0. The fraction of sp³-hybridized carbons (Fsp3) is 0.320. The number of alkyl halides is 3. The highest BCUT2D eigenvalue weighted by atomic mass is 32.2. The molecule has 0 bridgehead atoms. The summed E-state index contributed by atoms with van der Waals surface area (Å²) in [5, 5.41) is 10.5. The van der Waals surface area contributed by atoms with Gasteiger partial charge in [-0.15, -0.1) is 0 Å². The average Bonchev–Trinajstić information content (AvgIpc) is 3.21. The first-order valence-corrected chi connectivity index (χ1v) is 13.4. The van der Waals surface area contributed by atoms with Gasteiger partial charge in [-0.3, -0.25) is 9.00 Å². The van der Waals surface area contributed by atoms with Crippen LogP contribution in [0.2, 0.25) is 0 Å². The quantitative estimate of drug-likeness (QED) is 0.340. The molecule has 2 N–H and O–H groups in total. The highest BCUT2D eigenvalue weighted by molar-refractivity contribution is 7.84. The van der Waals surface area contributed by atoms with Crippen LogP contribution in [-0.4, -0.2) is 62.3 Å². The highest BCUT2D eigenvalue weighted by Gasteiger charge is 2.33. The molecule has 1 aliphatic heterocycles. The van der Waals surface area contributed by atoms with Gasteiger partial charge in [0.1, 0.15) is 28.7 Å². The van der Waals surface area contributed by atoms with E-state index in [0.29, 0.717) is 30.0 Å². The van der Waals surface area contributed by atoms with E-state index in [4.69, 9.17) is 9.47 Å². The fourth-order valence-electron chi connectivity index (χ4n) is 3.92. The predicted octanol–water partition coefficient (Wildman–Crippen LogP) is 3.78. The number of amides is 1. The van der Waals surface area contributed by atoms with Crippen LogP contribution in [0.25, 0.3) is 5.82 Å². The number of benzene rings is 1. The van der Waals surface area contributed by atoms with Crippen LogP contribution in [0, 0.1) is 5.82 Å². The van der Waals surface area contributed by atoms with E-state index in [1.54, 1.807) is 6.07 Å². The van der Waals surface area contributed by atoms with Gasteiger partial charge in [0.15, 0.2) is 12.4 Å². The summed E-state index contributed by atoms with van der Waals surface area (Å²) < 4.78 is 74.1. The molecule has 208 valence electrons. The van der Waals surface area contributed by atoms with Gasteiger partial charge in [-0.2, -0.15) is 23.0 Å². The van der Waals surface area contributed by atoms with Gasteiger partial charge in [-0.25, -0.2) is 9.37 Å². The van der Waals surface area contributed by atoms with Crippen molar-refractivity contribution in [3.05, 3.63) is 71.9 Å². The third kappa shape index (κ3) is 7.56. The number of rotatable bonds is 11. The molecule has 4 rings (SSSR count). The number of carbonyl (C=O) groups is 1. The minimum atomic E-state index is -4.45. The number of ether oxygens (including phenoxy) is 2. The number of hydrogen-bond acceptors (Lipinski definition) is 7. The summed E-state index contributed by atoms with van der Waals surface area (Å²) in [6.07, 6.45) is -1.18. The van der Waals surface area contributed by atoms with Crippen molar-refractivity contribution in [3.8, 4) is 17.3 Å². The number of fused-ring (bicyclic) bond motifs is 1. The first kappa shape index (κ1) is 28.1. The molecule has 2 unspecified atom stereocenters. The van der Waals surface area contributed by atoms with Crippen LogP contribution < -0.4 is 20.1 Å². The van der Waals surface area contributed by atoms with Gasteiger partial charge in [0, 0.05) is 47.7 Å². The van der Waals surface area contributed by atoms with Gasteiger partial charge in [0.05, 0.1) is 24.3 Å². The average molecular weight is 568 g/mol. The number of anilines is 1. The lowest BCUT2D eigenvalue weighted by Crippen LogP contribution is -2.42. The summed E-state index contributed by atoms with van der Waals surface area (Å²) in [5.41, 5.74) is 1.12. The Morgan fingerprint density at radius 3 is 2.67 bits per heavy atom. The zero-order valence-electron chi connectivity index (χ0n) is 20.8. The Morgan fingerprint density at radius 2 is 2.00 bits per heavy atom. The molecule has 0 radical (unpaired) electrons. The second-order valence-electron chi connectivity index (χ2n) is 8.75. The monoisotopic (exact) mass is 567 g/mol. The standard InChI is InChI=1S/C25H25F4N5O4S/c1-15(13-39(2)36)31-23-22-20(33-34(23)21-7-6-16(26)12-30-21)10-17(32-24(22)35)8-9-37-18-4-3-5-19(11-18)38-14-25(27,28)29/h3-7,11-12,17,31H,1,8-10,13-14H2,2H3,(H,32,35). The molecule has 9 nitrogen and oxygen atoms in total. The van der Waals surface area contributed by atoms with Crippen LogP contribution in [0.5, 0.6) is 11.5 Å². The normalized spacial score (nSPS) is 15.7. The van der Waals surface area contributed by atoms with E-state index in [9.17, 15) is 26.6 Å². The second kappa shape index (κ2) is 11.8. The Balaban J connectivity index is 1.47. The molecule has 0 saturated heterocycles. The van der Waals surface area contributed by atoms with Gasteiger partial charge in [-0.1, -0.05) is 12.6 Å². The number of nitrogens with one attached hydrogen (secondary N) is 2. The molecule has 1 aromatic carbocycles. The minimum Gasteiger partial charge on any atom is -0.493 e. The first-order valence-electron chi connectivity index (χ1n) is 11.7. The SMILES string of the molecule is C=C(CS(C)=O)Nc1c2c(nn1-c1ccc(F)cn1)CC(CCOc1cccc(OCC(F)(F)F)c1)NC2=O. The zero-order valence-corrected chi connectivity index (χ0v) is 21.6. The van der Waals surface area contributed by atoms with Crippen molar-refractivity contribution in [2.45, 2.75) is 25.1 Å². The Bertz CT molecular complexity index is 1380. The maximum Gasteiger partial charge on any atom is 0.422 e. The van der Waals surface area contributed by atoms with E-state index < -0.39 is 35.3 Å². The number of hydrogen-bond donors (Lipinski definition) is 2. The van der Waals surface area contributed by atoms with Crippen molar-refractivity contribution in [2.75, 3.05) is 30.5 Å². The summed E-state index contributed by atoms with van der Waals surface area (Å²) in [6, 6.07) is 8.13. The van der Waals surface area contributed by atoms with E-state index >= 15 is 0 Å². The number of halogens is 4. The van der Waals surface area contributed by atoms with Crippen molar-refractivity contribution < 1.29 is 36.0 Å². The molecule has 0 saturated carbocycles. The number of carbonyl (C=O) groups excluding carboxylic acids is 1. The van der Waals surface area contributed by atoms with E-state index in [1.165, 1.54) is 41.3 Å². The van der Waals surface area contributed by atoms with E-state index in [1.807, 2.05) is 0 Å². The molecular formula is C25H25F4N5O4S. The van der Waals surface area contributed by atoms with Crippen molar-refractivity contribution >= 4 is 22.5 Å². The number of aromatic nitrogens is 3. The molecule has 14 heteroatoms. The molecule has 39 heavy (non-hydrogen) atoms. The smallest absolute Gasteiger partial charge is 0.422 e. The van der Waals surface area contributed by atoms with Crippen molar-refractivity contribution in [1.29, 1.82) is 0 Å². The number of pyridine rings is 1. The van der Waals surface area contributed by atoms with Crippen LogP contribution in [0.1, 0.15) is 22.5 Å². The van der Waals surface area contributed by atoms with E-state index in [0.717, 1.165) is 6.20 Å². The van der Waals surface area contributed by atoms with Crippen LogP contribution in [-0.2, 0) is 17.2 Å². The van der Waals surface area contributed by atoms with Crippen LogP contribution in [0.15, 0.2) is 54.9 Å². The minimum absolute atomic E-state index is 0.0221. The largest absolute Gasteiger partial charge is 0.493 e. The van der Waals surface area contributed by atoms with Crippen molar-refractivity contribution in [2.24, 2.45) is 0 Å². The molecule has 2 aromatic heterocycles. The highest BCUT2D eigenvalue weighted by Crippen LogP contribution is 2.29. The van der Waals surface area contributed by atoms with E-state index in [2.05, 4.69) is 27.3 Å². The second-order valence-corrected chi connectivity index (χ2v) is 10.2. The van der Waals surface area contributed by atoms with Crippen molar-refractivity contribution in [3.63, 3.8) is 0 Å². The summed E-state index contributed by atoms with van der Waals surface area (Å²) in [5.74, 6) is 0.0648. The summed E-state index contributed by atoms with van der Waals surface area (Å²) in [7, 11) is -1.18. The maximum atomic E-state index is 13.5. The van der Waals surface area contributed by atoms with Gasteiger partial charge in [0.25, 0.3) is 5.91 Å².